The Morgan fingerprint density at radius 1 is 1.69 bits per heavy atom. The molecule has 1 saturated heterocycles. The van der Waals surface area contributed by atoms with Crippen LogP contribution in [0.2, 0.25) is 0 Å². The van der Waals surface area contributed by atoms with Gasteiger partial charge < -0.3 is 10.1 Å². The molecule has 1 aliphatic rings. The Morgan fingerprint density at radius 3 is 3.25 bits per heavy atom. The van der Waals surface area contributed by atoms with Crippen LogP contribution in [0.5, 0.6) is 0 Å². The lowest BCUT2D eigenvalue weighted by Gasteiger charge is -2.10. The smallest absolute Gasteiger partial charge is 0.227 e. The van der Waals surface area contributed by atoms with Crippen LogP contribution < -0.4 is 5.32 Å². The number of halogens is 1. The van der Waals surface area contributed by atoms with Crippen molar-refractivity contribution in [3.8, 4) is 0 Å². The number of pyridine rings is 1. The molecule has 5 heteroatoms. The maximum Gasteiger partial charge on any atom is 0.227 e. The van der Waals surface area contributed by atoms with Crippen LogP contribution in [0, 0.1) is 0 Å². The molecular formula is C11H13BrN2O2. The highest BCUT2D eigenvalue weighted by atomic mass is 79.9. The molecule has 0 spiro atoms. The Labute approximate surface area is 103 Å². The predicted octanol–water partition coefficient (Wildman–Crippen LogP) is 2.35. The molecule has 1 unspecified atom stereocenters. The second-order valence-corrected chi connectivity index (χ2v) is 4.48. The summed E-state index contributed by atoms with van der Waals surface area (Å²) in [6, 6.07) is 3.59. The first-order valence-corrected chi connectivity index (χ1v) is 6.07. The Hall–Kier alpha value is -0.940. The monoisotopic (exact) mass is 284 g/mol. The van der Waals surface area contributed by atoms with Crippen molar-refractivity contribution in [2.24, 2.45) is 0 Å². The lowest BCUT2D eigenvalue weighted by Crippen LogP contribution is -2.19. The number of aromatic nitrogens is 1. The minimum Gasteiger partial charge on any atom is -0.378 e. The summed E-state index contributed by atoms with van der Waals surface area (Å²) in [4.78, 5) is 15.7. The van der Waals surface area contributed by atoms with E-state index in [2.05, 4.69) is 26.2 Å². The van der Waals surface area contributed by atoms with Crippen LogP contribution in [0.1, 0.15) is 19.3 Å². The number of hydrogen-bond acceptors (Lipinski definition) is 3. The summed E-state index contributed by atoms with van der Waals surface area (Å²) in [6.45, 7) is 0.772. The second-order valence-electron chi connectivity index (χ2n) is 3.73. The minimum absolute atomic E-state index is 0.0272. The molecule has 0 bridgehead atoms. The fraction of sp³-hybridized carbons (Fsp3) is 0.455. The fourth-order valence-corrected chi connectivity index (χ4v) is 2.04. The summed E-state index contributed by atoms with van der Waals surface area (Å²) in [5.74, 6) is -0.0272. The summed E-state index contributed by atoms with van der Waals surface area (Å²) < 4.78 is 6.05. The van der Waals surface area contributed by atoms with Crippen molar-refractivity contribution in [3.63, 3.8) is 0 Å². The molecule has 16 heavy (non-hydrogen) atoms. The number of carbonyl (C=O) groups excluding carboxylic acids is 1. The average molecular weight is 285 g/mol. The van der Waals surface area contributed by atoms with Crippen LogP contribution in [-0.2, 0) is 9.53 Å². The van der Waals surface area contributed by atoms with E-state index in [1.165, 1.54) is 0 Å². The normalized spacial score (nSPS) is 19.7. The van der Waals surface area contributed by atoms with Gasteiger partial charge in [0, 0.05) is 12.8 Å². The number of nitrogens with zero attached hydrogens (tertiary/aromatic N) is 1. The van der Waals surface area contributed by atoms with Crippen LogP contribution in [0.4, 0.5) is 5.69 Å². The number of ether oxygens (including phenoxy) is 1. The number of carbonyl (C=O) groups is 1. The number of amides is 1. The minimum atomic E-state index is -0.0272. The first-order chi connectivity index (χ1) is 7.75. The molecule has 1 amide bonds. The van der Waals surface area contributed by atoms with Gasteiger partial charge in [0.2, 0.25) is 5.91 Å². The molecule has 0 aliphatic carbocycles. The molecule has 1 N–H and O–H groups in total. The number of hydrogen-bond donors (Lipinski definition) is 1. The van der Waals surface area contributed by atoms with Gasteiger partial charge >= 0.3 is 0 Å². The van der Waals surface area contributed by atoms with Crippen molar-refractivity contribution in [2.75, 3.05) is 11.9 Å². The second kappa shape index (κ2) is 5.41. The lowest BCUT2D eigenvalue weighted by molar-refractivity contribution is -0.118. The Morgan fingerprint density at radius 2 is 2.56 bits per heavy atom. The zero-order valence-electron chi connectivity index (χ0n) is 8.78. The maximum absolute atomic E-state index is 11.7. The van der Waals surface area contributed by atoms with Gasteiger partial charge in [0.25, 0.3) is 0 Å². The van der Waals surface area contributed by atoms with E-state index in [4.69, 9.17) is 4.74 Å². The third-order valence-electron chi connectivity index (χ3n) is 2.47. The Kier molecular flexibility index (Phi) is 3.90. The highest BCUT2D eigenvalue weighted by molar-refractivity contribution is 9.10. The van der Waals surface area contributed by atoms with Crippen molar-refractivity contribution in [3.05, 3.63) is 22.9 Å². The van der Waals surface area contributed by atoms with E-state index in [-0.39, 0.29) is 12.0 Å². The summed E-state index contributed by atoms with van der Waals surface area (Å²) in [6.07, 6.45) is 4.19. The van der Waals surface area contributed by atoms with Crippen molar-refractivity contribution in [1.82, 2.24) is 4.98 Å². The molecule has 2 heterocycles. The van der Waals surface area contributed by atoms with Crippen molar-refractivity contribution < 1.29 is 9.53 Å². The van der Waals surface area contributed by atoms with Crippen molar-refractivity contribution in [1.29, 1.82) is 0 Å². The average Bonchev–Trinajstić information content (AvgIpc) is 2.74. The van der Waals surface area contributed by atoms with Gasteiger partial charge in [-0.1, -0.05) is 0 Å². The number of anilines is 1. The van der Waals surface area contributed by atoms with Gasteiger partial charge in [0.1, 0.15) is 4.60 Å². The molecular weight excluding hydrogens is 272 g/mol. The topological polar surface area (TPSA) is 51.2 Å². The maximum atomic E-state index is 11.7. The lowest BCUT2D eigenvalue weighted by atomic mass is 10.2. The SMILES string of the molecule is O=C(CC1CCCO1)Nc1cccnc1Br. The van der Waals surface area contributed by atoms with E-state index in [9.17, 15) is 4.79 Å². The van der Waals surface area contributed by atoms with Gasteiger partial charge in [-0.05, 0) is 40.9 Å². The largest absolute Gasteiger partial charge is 0.378 e. The van der Waals surface area contributed by atoms with E-state index < -0.39 is 0 Å². The molecule has 4 nitrogen and oxygen atoms in total. The van der Waals surface area contributed by atoms with Crippen molar-refractivity contribution in [2.45, 2.75) is 25.4 Å². The molecule has 0 aromatic carbocycles. The van der Waals surface area contributed by atoms with E-state index in [1.807, 2.05) is 6.07 Å². The van der Waals surface area contributed by atoms with Gasteiger partial charge in [-0.15, -0.1) is 0 Å². The Balaban J connectivity index is 1.89. The fourth-order valence-electron chi connectivity index (χ4n) is 1.69. The van der Waals surface area contributed by atoms with Crippen LogP contribution in [0.25, 0.3) is 0 Å². The molecule has 0 radical (unpaired) electrons. The van der Waals surface area contributed by atoms with E-state index in [0.717, 1.165) is 19.4 Å². The Bertz CT molecular complexity index is 378. The van der Waals surface area contributed by atoms with Crippen molar-refractivity contribution >= 4 is 27.5 Å². The summed E-state index contributed by atoms with van der Waals surface area (Å²) in [5.41, 5.74) is 0.700. The highest BCUT2D eigenvalue weighted by Crippen LogP contribution is 2.20. The molecule has 1 aromatic heterocycles. The third kappa shape index (κ3) is 3.02. The van der Waals surface area contributed by atoms with E-state index in [1.54, 1.807) is 12.3 Å². The number of nitrogens with one attached hydrogen (secondary N) is 1. The van der Waals surface area contributed by atoms with Crippen LogP contribution in [-0.4, -0.2) is 23.6 Å². The summed E-state index contributed by atoms with van der Waals surface area (Å²) in [7, 11) is 0. The standard InChI is InChI=1S/C11H13BrN2O2/c12-11-9(4-1-5-13-11)14-10(15)7-8-3-2-6-16-8/h1,4-5,8H,2-3,6-7H2,(H,14,15). The van der Waals surface area contributed by atoms with Crippen LogP contribution in [0.3, 0.4) is 0 Å². The molecule has 0 saturated carbocycles. The molecule has 1 atom stereocenters. The zero-order chi connectivity index (χ0) is 11.4. The van der Waals surface area contributed by atoms with Gasteiger partial charge in [0.05, 0.1) is 18.2 Å². The molecule has 2 rings (SSSR count). The van der Waals surface area contributed by atoms with E-state index >= 15 is 0 Å². The summed E-state index contributed by atoms with van der Waals surface area (Å²) in [5, 5.41) is 2.81. The van der Waals surface area contributed by atoms with Gasteiger partial charge in [-0.25, -0.2) is 4.98 Å². The first kappa shape index (κ1) is 11.5. The van der Waals surface area contributed by atoms with Gasteiger partial charge in [0.15, 0.2) is 0 Å². The first-order valence-electron chi connectivity index (χ1n) is 5.27. The van der Waals surface area contributed by atoms with Crippen LogP contribution >= 0.6 is 15.9 Å². The molecule has 1 fully saturated rings. The van der Waals surface area contributed by atoms with Gasteiger partial charge in [-0.2, -0.15) is 0 Å². The molecule has 1 aromatic rings. The molecule has 1 aliphatic heterocycles. The summed E-state index contributed by atoms with van der Waals surface area (Å²) >= 11 is 3.28. The third-order valence-corrected chi connectivity index (χ3v) is 3.10. The zero-order valence-corrected chi connectivity index (χ0v) is 10.4. The predicted molar refractivity (Wildman–Crippen MR) is 64.2 cm³/mol. The highest BCUT2D eigenvalue weighted by Gasteiger charge is 2.19. The van der Waals surface area contributed by atoms with Gasteiger partial charge in [-0.3, -0.25) is 4.79 Å². The van der Waals surface area contributed by atoms with Crippen LogP contribution in [0.15, 0.2) is 22.9 Å². The quantitative estimate of drug-likeness (QED) is 0.867. The molecule has 86 valence electrons. The number of rotatable bonds is 3. The van der Waals surface area contributed by atoms with E-state index in [0.29, 0.717) is 16.7 Å².